The minimum absolute atomic E-state index is 0.165. The highest BCUT2D eigenvalue weighted by molar-refractivity contribution is 7.10. The first-order chi connectivity index (χ1) is 10.4. The molecule has 22 heavy (non-hydrogen) atoms. The van der Waals surface area contributed by atoms with Gasteiger partial charge in [-0.1, -0.05) is 18.6 Å². The lowest BCUT2D eigenvalue weighted by Crippen LogP contribution is -2.41. The zero-order chi connectivity index (χ0) is 16.2. The minimum atomic E-state index is -1.92. The molecule has 0 saturated carbocycles. The number of esters is 1. The van der Waals surface area contributed by atoms with Crippen molar-refractivity contribution in [3.8, 4) is 11.8 Å². The van der Waals surface area contributed by atoms with E-state index in [4.69, 9.17) is 4.74 Å². The van der Waals surface area contributed by atoms with Crippen molar-refractivity contribution in [2.75, 3.05) is 20.1 Å². The van der Waals surface area contributed by atoms with Crippen molar-refractivity contribution in [1.82, 2.24) is 4.90 Å². The zero-order valence-corrected chi connectivity index (χ0v) is 13.8. The average Bonchev–Trinajstić information content (AvgIpc) is 3.02. The van der Waals surface area contributed by atoms with Crippen molar-refractivity contribution in [2.24, 2.45) is 0 Å². The number of carbonyl (C=O) groups excluding carboxylic acids is 1. The summed E-state index contributed by atoms with van der Waals surface area (Å²) in [6.45, 7) is 7.17. The third-order valence-electron chi connectivity index (χ3n) is 3.57. The second kappa shape index (κ2) is 7.10. The standard InChI is InChI=1S/C17H21NO3S/c1-13(2)6-9-17(20,15-5-4-12-22-15)16(19)21-14-7-10-18(3)11-8-14/h4-5,12,14,20H,1,7-8,10-11H2,2-3H3/t17-/m0/s1. The molecule has 0 bridgehead atoms. The Balaban J connectivity index is 2.17. The zero-order valence-electron chi connectivity index (χ0n) is 13.0. The molecule has 0 amide bonds. The molecule has 1 aliphatic rings. The van der Waals surface area contributed by atoms with Crippen LogP contribution in [0.25, 0.3) is 0 Å². The largest absolute Gasteiger partial charge is 0.459 e. The SMILES string of the molecule is C=C(C)C#C[C@@](O)(C(=O)OC1CCN(C)CC1)c1cccs1. The van der Waals surface area contributed by atoms with Gasteiger partial charge in [0.05, 0.1) is 4.88 Å². The van der Waals surface area contributed by atoms with Crippen molar-refractivity contribution >= 4 is 17.3 Å². The number of ether oxygens (including phenoxy) is 1. The monoisotopic (exact) mass is 319 g/mol. The van der Waals surface area contributed by atoms with Gasteiger partial charge < -0.3 is 14.7 Å². The molecule has 0 spiro atoms. The molecule has 2 rings (SSSR count). The lowest BCUT2D eigenvalue weighted by Gasteiger charge is -2.30. The van der Waals surface area contributed by atoms with Crippen LogP contribution in [0.3, 0.4) is 0 Å². The Kier molecular flexibility index (Phi) is 5.41. The molecular weight excluding hydrogens is 298 g/mol. The molecule has 1 aliphatic heterocycles. The van der Waals surface area contributed by atoms with E-state index in [1.165, 1.54) is 11.3 Å². The predicted octanol–water partition coefficient (Wildman–Crippen LogP) is 2.15. The van der Waals surface area contributed by atoms with E-state index in [1.54, 1.807) is 24.4 Å². The van der Waals surface area contributed by atoms with E-state index < -0.39 is 11.6 Å². The van der Waals surface area contributed by atoms with Crippen molar-refractivity contribution in [3.63, 3.8) is 0 Å². The Bertz CT molecular complexity index is 591. The summed E-state index contributed by atoms with van der Waals surface area (Å²) in [5, 5.41) is 12.6. The minimum Gasteiger partial charge on any atom is -0.459 e. The van der Waals surface area contributed by atoms with E-state index in [0.717, 1.165) is 25.9 Å². The first-order valence-electron chi connectivity index (χ1n) is 7.26. The number of likely N-dealkylation sites (tertiary alicyclic amines) is 1. The molecule has 0 aromatic carbocycles. The quantitative estimate of drug-likeness (QED) is 0.685. The summed E-state index contributed by atoms with van der Waals surface area (Å²) in [7, 11) is 2.04. The van der Waals surface area contributed by atoms with Gasteiger partial charge in [0, 0.05) is 13.1 Å². The van der Waals surface area contributed by atoms with Crippen molar-refractivity contribution in [2.45, 2.75) is 31.5 Å². The smallest absolute Gasteiger partial charge is 0.357 e. The number of nitrogens with zero attached hydrogens (tertiary/aromatic N) is 1. The van der Waals surface area contributed by atoms with E-state index in [2.05, 4.69) is 23.3 Å². The van der Waals surface area contributed by atoms with Crippen LogP contribution in [0.15, 0.2) is 29.7 Å². The van der Waals surface area contributed by atoms with Gasteiger partial charge in [0.2, 0.25) is 0 Å². The lowest BCUT2D eigenvalue weighted by molar-refractivity contribution is -0.167. The summed E-state index contributed by atoms with van der Waals surface area (Å²) >= 11 is 1.28. The maximum atomic E-state index is 12.5. The van der Waals surface area contributed by atoms with Crippen molar-refractivity contribution in [3.05, 3.63) is 34.5 Å². The summed E-state index contributed by atoms with van der Waals surface area (Å²) in [5.41, 5.74) is -1.33. The Morgan fingerprint density at radius 3 is 2.77 bits per heavy atom. The van der Waals surface area contributed by atoms with Gasteiger partial charge in [0.25, 0.3) is 5.60 Å². The molecule has 0 aliphatic carbocycles. The third-order valence-corrected chi connectivity index (χ3v) is 4.55. The molecule has 1 N–H and O–H groups in total. The Hall–Kier alpha value is -1.61. The third kappa shape index (κ3) is 3.98. The van der Waals surface area contributed by atoms with Crippen LogP contribution in [0, 0.1) is 11.8 Å². The maximum Gasteiger partial charge on any atom is 0.357 e. The van der Waals surface area contributed by atoms with Gasteiger partial charge in [0.1, 0.15) is 6.10 Å². The highest BCUT2D eigenvalue weighted by atomic mass is 32.1. The topological polar surface area (TPSA) is 49.8 Å². The molecule has 1 fully saturated rings. The molecule has 2 heterocycles. The van der Waals surface area contributed by atoms with Gasteiger partial charge in [-0.2, -0.15) is 0 Å². The van der Waals surface area contributed by atoms with Gasteiger partial charge in [-0.05, 0) is 49.8 Å². The fraction of sp³-hybridized carbons (Fsp3) is 0.471. The Morgan fingerprint density at radius 2 is 2.23 bits per heavy atom. The molecule has 1 saturated heterocycles. The number of aliphatic hydroxyl groups is 1. The molecule has 1 atom stereocenters. The first kappa shape index (κ1) is 16.8. The van der Waals surface area contributed by atoms with Gasteiger partial charge >= 0.3 is 5.97 Å². The van der Waals surface area contributed by atoms with Crippen LogP contribution < -0.4 is 0 Å². The summed E-state index contributed by atoms with van der Waals surface area (Å²) < 4.78 is 5.52. The first-order valence-corrected chi connectivity index (χ1v) is 8.14. The van der Waals surface area contributed by atoms with Gasteiger partial charge in [0.15, 0.2) is 0 Å². The number of rotatable bonds is 3. The van der Waals surface area contributed by atoms with E-state index in [9.17, 15) is 9.90 Å². The molecular formula is C17H21NO3S. The molecule has 0 radical (unpaired) electrons. The average molecular weight is 319 g/mol. The van der Waals surface area contributed by atoms with Gasteiger partial charge in [-0.15, -0.1) is 11.3 Å². The summed E-state index contributed by atoms with van der Waals surface area (Å²) in [4.78, 5) is 15.2. The van der Waals surface area contributed by atoms with Crippen LogP contribution in [0.5, 0.6) is 0 Å². The van der Waals surface area contributed by atoms with E-state index in [-0.39, 0.29) is 6.10 Å². The second-order valence-corrected chi connectivity index (χ2v) is 6.57. The number of thiophene rings is 1. The van der Waals surface area contributed by atoms with Crippen LogP contribution in [0.1, 0.15) is 24.6 Å². The second-order valence-electron chi connectivity index (χ2n) is 5.63. The fourth-order valence-corrected chi connectivity index (χ4v) is 3.00. The van der Waals surface area contributed by atoms with E-state index >= 15 is 0 Å². The summed E-state index contributed by atoms with van der Waals surface area (Å²) in [6, 6.07) is 3.46. The number of hydrogen-bond acceptors (Lipinski definition) is 5. The maximum absolute atomic E-state index is 12.5. The molecule has 1 aromatic heterocycles. The van der Waals surface area contributed by atoms with E-state index in [1.807, 2.05) is 7.05 Å². The van der Waals surface area contributed by atoms with Gasteiger partial charge in [-0.25, -0.2) is 4.79 Å². The number of hydrogen-bond donors (Lipinski definition) is 1. The van der Waals surface area contributed by atoms with Crippen LogP contribution in [-0.4, -0.2) is 42.2 Å². The summed E-state index contributed by atoms with van der Waals surface area (Å²) in [6.07, 6.45) is 1.38. The van der Waals surface area contributed by atoms with Crippen LogP contribution in [-0.2, 0) is 15.1 Å². The normalized spacial score (nSPS) is 18.9. The lowest BCUT2D eigenvalue weighted by atomic mass is 10.0. The van der Waals surface area contributed by atoms with Crippen LogP contribution in [0.4, 0.5) is 0 Å². The van der Waals surface area contributed by atoms with E-state index in [0.29, 0.717) is 10.5 Å². The van der Waals surface area contributed by atoms with Crippen LogP contribution in [0.2, 0.25) is 0 Å². The molecule has 1 aromatic rings. The molecule has 4 nitrogen and oxygen atoms in total. The Labute approximate surface area is 135 Å². The van der Waals surface area contributed by atoms with Crippen molar-refractivity contribution < 1.29 is 14.6 Å². The Morgan fingerprint density at radius 1 is 1.55 bits per heavy atom. The fourth-order valence-electron chi connectivity index (χ4n) is 2.23. The van der Waals surface area contributed by atoms with Gasteiger partial charge in [-0.3, -0.25) is 0 Å². The molecule has 5 heteroatoms. The predicted molar refractivity (Wildman–Crippen MR) is 87.4 cm³/mol. The number of piperidine rings is 1. The number of allylic oxidation sites excluding steroid dienone is 1. The highest BCUT2D eigenvalue weighted by Crippen LogP contribution is 2.28. The van der Waals surface area contributed by atoms with Crippen LogP contribution >= 0.6 is 11.3 Å². The molecule has 0 unspecified atom stereocenters. The highest BCUT2D eigenvalue weighted by Gasteiger charge is 2.41. The molecule has 118 valence electrons. The summed E-state index contributed by atoms with van der Waals surface area (Å²) in [5.74, 6) is 4.63. The number of carbonyl (C=O) groups is 1. The van der Waals surface area contributed by atoms with Crippen molar-refractivity contribution in [1.29, 1.82) is 0 Å².